The van der Waals surface area contributed by atoms with E-state index in [0.29, 0.717) is 13.1 Å². The van der Waals surface area contributed by atoms with Crippen LogP contribution in [0.5, 0.6) is 5.75 Å². The average Bonchev–Trinajstić information content (AvgIpc) is 3.02. The fourth-order valence-electron chi connectivity index (χ4n) is 2.42. The molecule has 1 N–H and O–H groups in total. The Morgan fingerprint density at radius 2 is 1.96 bits per heavy atom. The van der Waals surface area contributed by atoms with Crippen LogP contribution in [-0.4, -0.2) is 30.1 Å². The summed E-state index contributed by atoms with van der Waals surface area (Å²) in [5.74, 6) is 0.770. The molecular formula is C18H19N3O2S. The molecule has 0 fully saturated rings. The van der Waals surface area contributed by atoms with Crippen molar-refractivity contribution in [3.8, 4) is 5.75 Å². The number of nitrogens with zero attached hydrogens (tertiary/aromatic N) is 2. The van der Waals surface area contributed by atoms with E-state index in [1.165, 1.54) is 0 Å². The maximum absolute atomic E-state index is 12.3. The Labute approximate surface area is 144 Å². The molecule has 2 aromatic carbocycles. The van der Waals surface area contributed by atoms with E-state index >= 15 is 0 Å². The van der Waals surface area contributed by atoms with Crippen molar-refractivity contribution in [2.45, 2.75) is 13.1 Å². The van der Waals surface area contributed by atoms with E-state index in [0.717, 1.165) is 26.5 Å². The molecule has 0 aliphatic carbocycles. The summed E-state index contributed by atoms with van der Waals surface area (Å²) in [6.07, 6.45) is 0. The van der Waals surface area contributed by atoms with Crippen LogP contribution in [0.4, 0.5) is 4.79 Å². The Morgan fingerprint density at radius 3 is 2.75 bits per heavy atom. The van der Waals surface area contributed by atoms with Crippen LogP contribution in [-0.2, 0) is 13.1 Å². The van der Waals surface area contributed by atoms with Gasteiger partial charge in [-0.1, -0.05) is 30.3 Å². The first-order valence-corrected chi connectivity index (χ1v) is 8.44. The van der Waals surface area contributed by atoms with Gasteiger partial charge in [-0.2, -0.15) is 0 Å². The van der Waals surface area contributed by atoms with E-state index in [-0.39, 0.29) is 6.03 Å². The molecule has 0 unspecified atom stereocenters. The Balaban J connectivity index is 1.60. The van der Waals surface area contributed by atoms with Crippen molar-refractivity contribution in [3.05, 3.63) is 59.1 Å². The van der Waals surface area contributed by atoms with Crippen molar-refractivity contribution in [2.75, 3.05) is 14.2 Å². The second-order valence-electron chi connectivity index (χ2n) is 5.40. The molecule has 0 saturated heterocycles. The molecule has 6 heteroatoms. The third kappa shape index (κ3) is 3.65. The molecule has 0 saturated carbocycles. The number of carbonyl (C=O) groups is 1. The fourth-order valence-corrected chi connectivity index (χ4v) is 3.44. The van der Waals surface area contributed by atoms with E-state index < -0.39 is 0 Å². The second-order valence-corrected chi connectivity index (χ2v) is 6.52. The monoisotopic (exact) mass is 341 g/mol. The zero-order chi connectivity index (χ0) is 16.9. The number of ether oxygens (including phenoxy) is 1. The summed E-state index contributed by atoms with van der Waals surface area (Å²) >= 11 is 1.61. The van der Waals surface area contributed by atoms with Gasteiger partial charge in [-0.3, -0.25) is 0 Å². The Kier molecular flexibility index (Phi) is 4.96. The lowest BCUT2D eigenvalue weighted by Gasteiger charge is -2.17. The first kappa shape index (κ1) is 16.3. The second kappa shape index (κ2) is 7.31. The minimum Gasteiger partial charge on any atom is -0.496 e. The zero-order valence-electron chi connectivity index (χ0n) is 13.7. The van der Waals surface area contributed by atoms with Gasteiger partial charge in [-0.25, -0.2) is 9.78 Å². The highest BCUT2D eigenvalue weighted by Crippen LogP contribution is 2.22. The predicted molar refractivity (Wildman–Crippen MR) is 96.3 cm³/mol. The van der Waals surface area contributed by atoms with Gasteiger partial charge in [-0.15, -0.1) is 11.3 Å². The number of methoxy groups -OCH3 is 1. The Bertz CT molecular complexity index is 814. The van der Waals surface area contributed by atoms with E-state index in [2.05, 4.69) is 10.3 Å². The molecule has 0 atom stereocenters. The lowest BCUT2D eigenvalue weighted by Crippen LogP contribution is -2.36. The number of fused-ring (bicyclic) bond motifs is 1. The lowest BCUT2D eigenvalue weighted by molar-refractivity contribution is 0.206. The number of nitrogens with one attached hydrogen (secondary N) is 1. The maximum Gasteiger partial charge on any atom is 0.317 e. The van der Waals surface area contributed by atoms with Crippen molar-refractivity contribution in [3.63, 3.8) is 0 Å². The summed E-state index contributed by atoms with van der Waals surface area (Å²) in [4.78, 5) is 18.5. The molecule has 3 rings (SSSR count). The normalized spacial score (nSPS) is 10.6. The predicted octanol–water partition coefficient (Wildman–Crippen LogP) is 3.65. The van der Waals surface area contributed by atoms with Gasteiger partial charge < -0.3 is 15.0 Å². The minimum atomic E-state index is -0.139. The number of aromatic nitrogens is 1. The number of thiazole rings is 1. The van der Waals surface area contributed by atoms with Gasteiger partial charge in [0.15, 0.2) is 0 Å². The molecule has 0 aliphatic heterocycles. The number of benzene rings is 2. The van der Waals surface area contributed by atoms with Crippen molar-refractivity contribution < 1.29 is 9.53 Å². The van der Waals surface area contributed by atoms with Crippen LogP contribution in [0, 0.1) is 0 Å². The Morgan fingerprint density at radius 1 is 1.21 bits per heavy atom. The minimum absolute atomic E-state index is 0.139. The van der Waals surface area contributed by atoms with Crippen LogP contribution < -0.4 is 10.1 Å². The summed E-state index contributed by atoms with van der Waals surface area (Å²) in [6, 6.07) is 15.5. The van der Waals surface area contributed by atoms with Crippen LogP contribution in [0.2, 0.25) is 0 Å². The third-order valence-corrected chi connectivity index (χ3v) is 4.70. The van der Waals surface area contributed by atoms with E-state index in [1.807, 2.05) is 48.5 Å². The van der Waals surface area contributed by atoms with Crippen LogP contribution in [0.1, 0.15) is 10.6 Å². The van der Waals surface area contributed by atoms with Gasteiger partial charge in [0.05, 0.1) is 23.9 Å². The number of para-hydroxylation sites is 2. The number of hydrogen-bond acceptors (Lipinski definition) is 4. The first-order valence-electron chi connectivity index (χ1n) is 7.62. The molecule has 0 radical (unpaired) electrons. The molecular weight excluding hydrogens is 322 g/mol. The largest absolute Gasteiger partial charge is 0.496 e. The summed E-state index contributed by atoms with van der Waals surface area (Å²) in [7, 11) is 3.39. The molecule has 24 heavy (non-hydrogen) atoms. The van der Waals surface area contributed by atoms with Gasteiger partial charge in [-0.05, 0) is 18.2 Å². The smallest absolute Gasteiger partial charge is 0.317 e. The average molecular weight is 341 g/mol. The molecule has 1 aromatic heterocycles. The van der Waals surface area contributed by atoms with E-state index in [9.17, 15) is 4.79 Å². The summed E-state index contributed by atoms with van der Waals surface area (Å²) in [5, 5.41) is 3.83. The molecule has 0 aliphatic rings. The molecule has 1 heterocycles. The number of hydrogen-bond donors (Lipinski definition) is 1. The number of carbonyl (C=O) groups excluding carboxylic acids is 1. The molecule has 5 nitrogen and oxygen atoms in total. The highest BCUT2D eigenvalue weighted by molar-refractivity contribution is 7.18. The molecule has 3 aromatic rings. The number of urea groups is 1. The summed E-state index contributed by atoms with van der Waals surface area (Å²) < 4.78 is 6.43. The summed E-state index contributed by atoms with van der Waals surface area (Å²) in [6.45, 7) is 0.907. The van der Waals surface area contributed by atoms with Gasteiger partial charge in [0.2, 0.25) is 0 Å². The highest BCUT2D eigenvalue weighted by Gasteiger charge is 2.12. The molecule has 2 amide bonds. The van der Waals surface area contributed by atoms with Crippen LogP contribution in [0.3, 0.4) is 0 Å². The zero-order valence-corrected chi connectivity index (χ0v) is 14.5. The van der Waals surface area contributed by atoms with E-state index in [4.69, 9.17) is 4.74 Å². The number of amides is 2. The van der Waals surface area contributed by atoms with Crippen molar-refractivity contribution >= 4 is 27.6 Å². The fraction of sp³-hybridized carbons (Fsp3) is 0.222. The van der Waals surface area contributed by atoms with Crippen LogP contribution >= 0.6 is 11.3 Å². The molecule has 0 bridgehead atoms. The maximum atomic E-state index is 12.3. The van der Waals surface area contributed by atoms with Crippen LogP contribution in [0.15, 0.2) is 48.5 Å². The van der Waals surface area contributed by atoms with E-state index in [1.54, 1.807) is 30.4 Å². The lowest BCUT2D eigenvalue weighted by atomic mass is 10.2. The van der Waals surface area contributed by atoms with Crippen molar-refractivity contribution in [2.24, 2.45) is 0 Å². The van der Waals surface area contributed by atoms with Gasteiger partial charge in [0.25, 0.3) is 0 Å². The summed E-state index contributed by atoms with van der Waals surface area (Å²) in [5.41, 5.74) is 1.92. The topological polar surface area (TPSA) is 54.5 Å². The van der Waals surface area contributed by atoms with Gasteiger partial charge in [0.1, 0.15) is 10.8 Å². The van der Waals surface area contributed by atoms with Crippen molar-refractivity contribution in [1.82, 2.24) is 15.2 Å². The Hall–Kier alpha value is -2.60. The molecule has 124 valence electrons. The third-order valence-electron chi connectivity index (χ3n) is 3.68. The quantitative estimate of drug-likeness (QED) is 0.771. The number of rotatable bonds is 5. The van der Waals surface area contributed by atoms with Crippen molar-refractivity contribution in [1.29, 1.82) is 0 Å². The SMILES string of the molecule is COc1ccccc1CNC(=O)N(C)Cc1nc2ccccc2s1. The van der Waals surface area contributed by atoms with Gasteiger partial charge >= 0.3 is 6.03 Å². The first-order chi connectivity index (χ1) is 11.7. The van der Waals surface area contributed by atoms with Crippen LogP contribution in [0.25, 0.3) is 10.2 Å². The standard InChI is InChI=1S/C18H19N3O2S/c1-21(12-17-20-14-8-4-6-10-16(14)24-17)18(22)19-11-13-7-3-5-9-15(13)23-2/h3-10H,11-12H2,1-2H3,(H,19,22). The highest BCUT2D eigenvalue weighted by atomic mass is 32.1. The van der Waals surface area contributed by atoms with Gasteiger partial charge in [0, 0.05) is 19.2 Å². The molecule has 0 spiro atoms.